The van der Waals surface area contributed by atoms with E-state index in [0.717, 1.165) is 6.42 Å². The van der Waals surface area contributed by atoms with Crippen LogP contribution >= 0.6 is 0 Å². The van der Waals surface area contributed by atoms with Crippen molar-refractivity contribution >= 4 is 5.78 Å². The van der Waals surface area contributed by atoms with Crippen LogP contribution in [0.25, 0.3) is 0 Å². The van der Waals surface area contributed by atoms with Gasteiger partial charge in [0.25, 0.3) is 0 Å². The van der Waals surface area contributed by atoms with Gasteiger partial charge in [-0.1, -0.05) is 12.0 Å². The summed E-state index contributed by atoms with van der Waals surface area (Å²) in [6, 6.07) is 0. The van der Waals surface area contributed by atoms with Crippen LogP contribution in [-0.2, 0) is 4.79 Å². The van der Waals surface area contributed by atoms with Crippen molar-refractivity contribution in [1.29, 1.82) is 0 Å². The van der Waals surface area contributed by atoms with Crippen molar-refractivity contribution in [3.63, 3.8) is 0 Å². The van der Waals surface area contributed by atoms with Crippen LogP contribution in [0.3, 0.4) is 0 Å². The van der Waals surface area contributed by atoms with E-state index in [-0.39, 0.29) is 0 Å². The number of hydrogen-bond acceptors (Lipinski definition) is 1. The molecule has 1 heteroatoms. The van der Waals surface area contributed by atoms with E-state index in [2.05, 4.69) is 6.92 Å². The Morgan fingerprint density at radius 1 is 1.40 bits per heavy atom. The molecule has 0 aromatic heterocycles. The van der Waals surface area contributed by atoms with E-state index in [4.69, 9.17) is 0 Å². The summed E-state index contributed by atoms with van der Waals surface area (Å²) in [4.78, 5) is 11.2. The van der Waals surface area contributed by atoms with Gasteiger partial charge in [-0.25, -0.2) is 0 Å². The predicted octanol–water partition coefficient (Wildman–Crippen LogP) is 1.93. The summed E-state index contributed by atoms with van der Waals surface area (Å²) in [5.41, 5.74) is 1.33. The fourth-order valence-corrected chi connectivity index (χ4v) is 2.28. The van der Waals surface area contributed by atoms with Crippen LogP contribution < -0.4 is 0 Å². The third-order valence-corrected chi connectivity index (χ3v) is 2.84. The smallest absolute Gasteiger partial charge is 0.159 e. The summed E-state index contributed by atoms with van der Waals surface area (Å²) in [7, 11) is 0. The van der Waals surface area contributed by atoms with Crippen LogP contribution in [0.4, 0.5) is 0 Å². The zero-order valence-electron chi connectivity index (χ0n) is 6.26. The highest BCUT2D eigenvalue weighted by Gasteiger charge is 2.37. The fourth-order valence-electron chi connectivity index (χ4n) is 2.28. The lowest BCUT2D eigenvalue weighted by Crippen LogP contribution is -2.09. The molecule has 0 radical (unpaired) electrons. The molecule has 0 bridgehead atoms. The molecule has 0 N–H and O–H groups in total. The van der Waals surface area contributed by atoms with Crippen LogP contribution in [-0.4, -0.2) is 5.78 Å². The molecule has 2 rings (SSSR count). The topological polar surface area (TPSA) is 17.1 Å². The molecule has 10 heavy (non-hydrogen) atoms. The van der Waals surface area contributed by atoms with Gasteiger partial charge in [-0.2, -0.15) is 0 Å². The van der Waals surface area contributed by atoms with Crippen LogP contribution in [0.2, 0.25) is 0 Å². The molecule has 0 saturated heterocycles. The molecule has 0 heterocycles. The van der Waals surface area contributed by atoms with E-state index < -0.39 is 0 Å². The summed E-state index contributed by atoms with van der Waals surface area (Å²) < 4.78 is 0. The minimum atomic E-state index is 0.389. The molecule has 0 aromatic rings. The Balaban J connectivity index is 2.29. The third kappa shape index (κ3) is 0.664. The number of hydrogen-bond donors (Lipinski definition) is 0. The minimum Gasteiger partial charge on any atom is -0.295 e. The summed E-state index contributed by atoms with van der Waals surface area (Å²) in [6.45, 7) is 2.09. The number of carbonyl (C=O) groups excluding carboxylic acids is 1. The molecule has 2 atom stereocenters. The minimum absolute atomic E-state index is 0.389. The average molecular weight is 136 g/mol. The van der Waals surface area contributed by atoms with Crippen molar-refractivity contribution in [2.24, 2.45) is 11.8 Å². The SMILES string of the molecule is CC1=CC(=O)[C@@H]2CCC[C@@H]12. The van der Waals surface area contributed by atoms with Gasteiger partial charge in [-0.15, -0.1) is 0 Å². The van der Waals surface area contributed by atoms with Gasteiger partial charge in [0.05, 0.1) is 0 Å². The van der Waals surface area contributed by atoms with E-state index in [1.54, 1.807) is 0 Å². The predicted molar refractivity (Wildman–Crippen MR) is 39.6 cm³/mol. The third-order valence-electron chi connectivity index (χ3n) is 2.84. The normalized spacial score (nSPS) is 38.1. The quantitative estimate of drug-likeness (QED) is 0.497. The van der Waals surface area contributed by atoms with Gasteiger partial charge in [-0.05, 0) is 31.8 Å². The molecule has 0 aliphatic heterocycles. The Kier molecular flexibility index (Phi) is 1.19. The Labute approximate surface area is 61.1 Å². The monoisotopic (exact) mass is 136 g/mol. The first kappa shape index (κ1) is 6.14. The maximum atomic E-state index is 11.2. The highest BCUT2D eigenvalue weighted by atomic mass is 16.1. The Hall–Kier alpha value is -0.590. The van der Waals surface area contributed by atoms with Crippen LogP contribution in [0.5, 0.6) is 0 Å². The van der Waals surface area contributed by atoms with Gasteiger partial charge in [-0.3, -0.25) is 4.79 Å². The summed E-state index contributed by atoms with van der Waals surface area (Å²) >= 11 is 0. The van der Waals surface area contributed by atoms with E-state index in [9.17, 15) is 4.79 Å². The molecule has 0 unspecified atom stereocenters. The largest absolute Gasteiger partial charge is 0.295 e. The molecule has 1 nitrogen and oxygen atoms in total. The fraction of sp³-hybridized carbons (Fsp3) is 0.667. The maximum Gasteiger partial charge on any atom is 0.159 e. The molecule has 2 aliphatic rings. The van der Waals surface area contributed by atoms with E-state index in [1.807, 2.05) is 6.08 Å². The maximum absolute atomic E-state index is 11.2. The Morgan fingerprint density at radius 3 is 2.80 bits per heavy atom. The van der Waals surface area contributed by atoms with Crippen molar-refractivity contribution in [2.75, 3.05) is 0 Å². The zero-order chi connectivity index (χ0) is 7.14. The zero-order valence-corrected chi connectivity index (χ0v) is 6.26. The molecule has 0 amide bonds. The molecule has 0 spiro atoms. The van der Waals surface area contributed by atoms with Gasteiger partial charge in [0, 0.05) is 5.92 Å². The lowest BCUT2D eigenvalue weighted by molar-refractivity contribution is -0.117. The Morgan fingerprint density at radius 2 is 2.10 bits per heavy atom. The summed E-state index contributed by atoms with van der Waals surface area (Å²) in [5, 5.41) is 0. The first-order valence-corrected chi connectivity index (χ1v) is 4.01. The van der Waals surface area contributed by atoms with E-state index >= 15 is 0 Å². The first-order valence-electron chi connectivity index (χ1n) is 4.01. The second-order valence-corrected chi connectivity index (χ2v) is 3.43. The second kappa shape index (κ2) is 1.94. The molecular formula is C9H12O. The van der Waals surface area contributed by atoms with Crippen molar-refractivity contribution < 1.29 is 4.79 Å². The van der Waals surface area contributed by atoms with E-state index in [1.165, 1.54) is 18.4 Å². The lowest BCUT2D eigenvalue weighted by Gasteiger charge is -2.07. The molecule has 1 fully saturated rings. The summed E-state index contributed by atoms with van der Waals surface area (Å²) in [6.07, 6.45) is 5.48. The molecule has 2 aliphatic carbocycles. The molecule has 0 aromatic carbocycles. The number of ketones is 1. The number of carbonyl (C=O) groups is 1. The highest BCUT2D eigenvalue weighted by molar-refractivity contribution is 5.95. The summed E-state index contributed by atoms with van der Waals surface area (Å²) in [5.74, 6) is 1.41. The van der Waals surface area contributed by atoms with Gasteiger partial charge in [0.15, 0.2) is 5.78 Å². The van der Waals surface area contributed by atoms with Crippen molar-refractivity contribution in [2.45, 2.75) is 26.2 Å². The standard InChI is InChI=1S/C9H12O/c1-6-5-9(10)8-4-2-3-7(6)8/h5,7-8H,2-4H2,1H3/t7-,8+/m0/s1. The van der Waals surface area contributed by atoms with Gasteiger partial charge >= 0.3 is 0 Å². The second-order valence-electron chi connectivity index (χ2n) is 3.43. The Bertz CT molecular complexity index is 203. The highest BCUT2D eigenvalue weighted by Crippen LogP contribution is 2.41. The van der Waals surface area contributed by atoms with Crippen LogP contribution in [0.15, 0.2) is 11.6 Å². The van der Waals surface area contributed by atoms with Gasteiger partial charge in [0.1, 0.15) is 0 Å². The van der Waals surface area contributed by atoms with Crippen molar-refractivity contribution in [3.05, 3.63) is 11.6 Å². The molecule has 54 valence electrons. The van der Waals surface area contributed by atoms with Crippen LogP contribution in [0, 0.1) is 11.8 Å². The molecular weight excluding hydrogens is 124 g/mol. The van der Waals surface area contributed by atoms with E-state index in [0.29, 0.717) is 17.6 Å². The van der Waals surface area contributed by atoms with Crippen LogP contribution in [0.1, 0.15) is 26.2 Å². The molecule has 1 saturated carbocycles. The number of allylic oxidation sites excluding steroid dienone is 2. The van der Waals surface area contributed by atoms with Gasteiger partial charge < -0.3 is 0 Å². The van der Waals surface area contributed by atoms with Crippen molar-refractivity contribution in [3.8, 4) is 0 Å². The van der Waals surface area contributed by atoms with Gasteiger partial charge in [0.2, 0.25) is 0 Å². The lowest BCUT2D eigenvalue weighted by atomic mass is 9.95. The van der Waals surface area contributed by atoms with Crippen molar-refractivity contribution in [1.82, 2.24) is 0 Å². The number of rotatable bonds is 0. The first-order chi connectivity index (χ1) is 4.79. The number of fused-ring (bicyclic) bond motifs is 1. The average Bonchev–Trinajstić information content (AvgIpc) is 2.39.